The van der Waals surface area contributed by atoms with Crippen molar-refractivity contribution < 1.29 is 53.7 Å². The summed E-state index contributed by atoms with van der Waals surface area (Å²) in [6, 6.07) is 2.86. The van der Waals surface area contributed by atoms with E-state index in [9.17, 15) is 44.1 Å². The summed E-state index contributed by atoms with van der Waals surface area (Å²) in [7, 11) is 1.40. The van der Waals surface area contributed by atoms with Crippen LogP contribution in [0.3, 0.4) is 0 Å². The molecule has 8 atom stereocenters. The summed E-state index contributed by atoms with van der Waals surface area (Å²) in [4.78, 5) is 86.5. The van der Waals surface area contributed by atoms with E-state index in [2.05, 4.69) is 16.1 Å². The van der Waals surface area contributed by atoms with Crippen molar-refractivity contribution >= 4 is 35.4 Å². The number of phenols is 1. The molecule has 1 saturated heterocycles. The third-order valence-corrected chi connectivity index (χ3v) is 10.8. The Labute approximate surface area is 365 Å². The summed E-state index contributed by atoms with van der Waals surface area (Å²) in [6.07, 6.45) is 8.19. The molecule has 2 bridgehead atoms. The van der Waals surface area contributed by atoms with E-state index >= 15 is 0 Å². The van der Waals surface area contributed by atoms with Crippen LogP contribution in [0.4, 0.5) is 0 Å². The lowest BCUT2D eigenvalue weighted by atomic mass is 9.84. The second-order valence-electron chi connectivity index (χ2n) is 17.4. The molecule has 0 aliphatic carbocycles. The number of phenolic OH excluding ortho intramolecular Hbond substituents is 1. The van der Waals surface area contributed by atoms with Gasteiger partial charge in [0, 0.05) is 37.8 Å². The summed E-state index contributed by atoms with van der Waals surface area (Å²) in [5.74, 6) is -5.84. The van der Waals surface area contributed by atoms with Gasteiger partial charge < -0.3 is 35.5 Å². The summed E-state index contributed by atoms with van der Waals surface area (Å²) in [5, 5.41) is 40.8. The van der Waals surface area contributed by atoms with Gasteiger partial charge >= 0.3 is 5.97 Å². The average Bonchev–Trinajstić information content (AvgIpc) is 3.20. The van der Waals surface area contributed by atoms with Crippen LogP contribution >= 0.6 is 0 Å². The molecule has 342 valence electrons. The van der Waals surface area contributed by atoms with E-state index < -0.39 is 89.3 Å². The van der Waals surface area contributed by atoms with E-state index in [0.29, 0.717) is 24.0 Å². The van der Waals surface area contributed by atoms with Crippen molar-refractivity contribution in [2.24, 2.45) is 17.8 Å². The number of Topliss-reactive ketones (excluding diaryl/α,β-unsaturated/α-hetero) is 1. The molecule has 16 nitrogen and oxygen atoms in total. The smallest absolute Gasteiger partial charge is 0.325 e. The lowest BCUT2D eigenvalue weighted by Crippen LogP contribution is -2.62. The van der Waals surface area contributed by atoms with Gasteiger partial charge in [0.05, 0.1) is 30.8 Å². The van der Waals surface area contributed by atoms with Crippen molar-refractivity contribution in [3.8, 4) is 5.75 Å². The summed E-state index contributed by atoms with van der Waals surface area (Å²) < 4.78 is 6.05. The first kappa shape index (κ1) is 51.2. The molecule has 62 heavy (non-hydrogen) atoms. The van der Waals surface area contributed by atoms with Gasteiger partial charge in [0.2, 0.25) is 11.8 Å². The van der Waals surface area contributed by atoms with Crippen LogP contribution in [0, 0.1) is 17.8 Å². The molecule has 0 aromatic heterocycles. The molecular formula is C46H67N5O11. The molecule has 2 aliphatic rings. The number of carbonyl (C=O) groups excluding carboxylic acids is 6. The van der Waals surface area contributed by atoms with Gasteiger partial charge in [-0.3, -0.25) is 33.8 Å². The monoisotopic (exact) mass is 865 g/mol. The Bertz CT molecular complexity index is 1850. The van der Waals surface area contributed by atoms with E-state index in [-0.39, 0.29) is 43.8 Å². The maximum Gasteiger partial charge on any atom is 0.325 e. The van der Waals surface area contributed by atoms with E-state index in [0.717, 1.165) is 0 Å². The van der Waals surface area contributed by atoms with Crippen LogP contribution in [-0.4, -0.2) is 116 Å². The molecule has 2 aliphatic heterocycles. The number of fused-ring (bicyclic) bond motifs is 2. The van der Waals surface area contributed by atoms with Crippen molar-refractivity contribution in [2.75, 3.05) is 13.7 Å². The number of allylic oxidation sites excluding steroid dienone is 4. The highest BCUT2D eigenvalue weighted by molar-refractivity contribution is 5.93. The number of ketones is 1. The van der Waals surface area contributed by atoms with Crippen molar-refractivity contribution in [2.45, 2.75) is 136 Å². The molecule has 1 fully saturated rings. The second-order valence-corrected chi connectivity index (χ2v) is 17.4. The van der Waals surface area contributed by atoms with Crippen LogP contribution in [0.5, 0.6) is 5.75 Å². The van der Waals surface area contributed by atoms with Gasteiger partial charge in [-0.25, -0.2) is 10.5 Å². The van der Waals surface area contributed by atoms with Gasteiger partial charge in [0.1, 0.15) is 35.8 Å². The number of hydrogen-bond donors (Lipinski definition) is 6. The molecular weight excluding hydrogens is 799 g/mol. The lowest BCUT2D eigenvalue weighted by molar-refractivity contribution is -0.195. The molecule has 0 spiro atoms. The maximum atomic E-state index is 14.4. The molecule has 2 heterocycles. The number of carbonyl (C=O) groups is 6. The molecule has 1 aromatic carbocycles. The first-order valence-corrected chi connectivity index (χ1v) is 21.2. The molecule has 4 amide bonds. The number of nitrogens with zero attached hydrogens (tertiary/aromatic N) is 2. The van der Waals surface area contributed by atoms with Crippen LogP contribution in [0.1, 0.15) is 93.1 Å². The van der Waals surface area contributed by atoms with Crippen LogP contribution in [-0.2, 0) is 44.8 Å². The van der Waals surface area contributed by atoms with Crippen LogP contribution < -0.4 is 16.1 Å². The molecule has 16 heteroatoms. The highest BCUT2D eigenvalue weighted by atomic mass is 16.7. The number of hydroxylamine groups is 2. The molecule has 1 unspecified atom stereocenters. The lowest BCUT2D eigenvalue weighted by Gasteiger charge is -2.36. The number of cyclic esters (lactones) is 1. The highest BCUT2D eigenvalue weighted by Gasteiger charge is 2.39. The Morgan fingerprint density at radius 3 is 2.40 bits per heavy atom. The fourth-order valence-corrected chi connectivity index (χ4v) is 7.20. The fourth-order valence-electron chi connectivity index (χ4n) is 7.20. The summed E-state index contributed by atoms with van der Waals surface area (Å²) in [5.41, 5.74) is 3.51. The number of hydrogen-bond acceptors (Lipinski definition) is 12. The van der Waals surface area contributed by atoms with Gasteiger partial charge in [-0.05, 0) is 83.1 Å². The standard InChI is InChI=1S/C46H67N5O11/c1-28(2)40-43(58)47-36(27-32-17-14-18-33(53)26-32)44(59)50-25-15-19-35(49-50)45(60)62-38(29(3)16-13-22-39(55)51(61-9)46(6,7)8)21-12-10-11-20-37(54)31(5)41(56)34(42(57)48-40)24-23-30(4)52/h10-14,16-18,20,22,26,28,31,34-38,40-41,49,53-54,56H,15,19,21,23-25,27H2,1-9H3,(H,47,58)(H,48,57)/b12-10+,20-11+,22-13+,29-16+/t31-,34+,35?,36-,37-,38-,40-,41+/m0/s1. The fraction of sp³-hybridized carbons (Fsp3) is 0.565. The zero-order valence-electron chi connectivity index (χ0n) is 37.5. The zero-order valence-corrected chi connectivity index (χ0v) is 37.5. The Kier molecular flexibility index (Phi) is 19.7. The molecule has 3 rings (SSSR count). The highest BCUT2D eigenvalue weighted by Crippen LogP contribution is 2.24. The Balaban J connectivity index is 2.08. The number of aliphatic hydroxyl groups is 2. The van der Waals surface area contributed by atoms with Crippen LogP contribution in [0.15, 0.2) is 72.4 Å². The molecule has 6 N–H and O–H groups in total. The van der Waals surface area contributed by atoms with E-state index in [1.54, 1.807) is 64.1 Å². The van der Waals surface area contributed by atoms with Crippen molar-refractivity contribution in [3.05, 3.63) is 77.9 Å². The number of esters is 1. The van der Waals surface area contributed by atoms with Gasteiger partial charge in [-0.1, -0.05) is 69.4 Å². The largest absolute Gasteiger partial charge is 0.508 e. The number of ether oxygens (including phenoxy) is 1. The van der Waals surface area contributed by atoms with Crippen molar-refractivity contribution in [1.82, 2.24) is 26.1 Å². The van der Waals surface area contributed by atoms with E-state index in [1.165, 1.54) is 54.5 Å². The molecule has 1 aromatic rings. The van der Waals surface area contributed by atoms with Gasteiger partial charge in [-0.15, -0.1) is 0 Å². The normalized spacial score (nSPS) is 27.7. The van der Waals surface area contributed by atoms with Crippen molar-refractivity contribution in [1.29, 1.82) is 0 Å². The average molecular weight is 866 g/mol. The van der Waals surface area contributed by atoms with Gasteiger partial charge in [0.25, 0.3) is 11.8 Å². The quantitative estimate of drug-likeness (QED) is 0.0861. The van der Waals surface area contributed by atoms with E-state index in [1.807, 2.05) is 20.8 Å². The summed E-state index contributed by atoms with van der Waals surface area (Å²) >= 11 is 0. The SMILES string of the molecule is CON(C(=O)/C=C/C=C(\C)[C@@H]1C/C=C/C=C/[C@H](O)[C@H](C)[C@@H](O)[C@@H](CCC(C)=O)C(=O)N[C@@H](C(C)C)C(=O)N[C@@H](Cc2cccc(O)c2)C(=O)N2CCCC(N2)C(=O)O1)C(C)(C)C. The number of aliphatic hydroxyl groups excluding tert-OH is 2. The predicted molar refractivity (Wildman–Crippen MR) is 232 cm³/mol. The number of benzene rings is 1. The van der Waals surface area contributed by atoms with E-state index in [4.69, 9.17) is 9.57 Å². The van der Waals surface area contributed by atoms with Crippen molar-refractivity contribution in [3.63, 3.8) is 0 Å². The molecule has 0 saturated carbocycles. The van der Waals surface area contributed by atoms with Gasteiger partial charge in [-0.2, -0.15) is 0 Å². The third-order valence-electron chi connectivity index (χ3n) is 10.8. The van der Waals surface area contributed by atoms with Gasteiger partial charge in [0.15, 0.2) is 0 Å². The number of amides is 4. The van der Waals surface area contributed by atoms with Crippen LogP contribution in [0.2, 0.25) is 0 Å². The topological polar surface area (TPSA) is 224 Å². The Hall–Kier alpha value is -5.16. The minimum Gasteiger partial charge on any atom is -0.508 e. The number of hydrazine groups is 1. The Morgan fingerprint density at radius 1 is 1.06 bits per heavy atom. The minimum absolute atomic E-state index is 0.0341. The molecule has 0 radical (unpaired) electrons. The number of nitrogens with one attached hydrogen (secondary N) is 3. The zero-order chi connectivity index (χ0) is 46.3. The predicted octanol–water partition coefficient (Wildman–Crippen LogP) is 3.52. The Morgan fingerprint density at radius 2 is 1.77 bits per heavy atom. The second kappa shape index (κ2) is 23.9. The number of rotatable bonds is 10. The minimum atomic E-state index is -1.43. The first-order chi connectivity index (χ1) is 29.1. The first-order valence-electron chi connectivity index (χ1n) is 21.2. The maximum absolute atomic E-state index is 14.4. The third kappa shape index (κ3) is 15.3. The summed E-state index contributed by atoms with van der Waals surface area (Å²) in [6.45, 7) is 13.8. The van der Waals surface area contributed by atoms with Crippen LogP contribution in [0.25, 0.3) is 0 Å². The number of aromatic hydroxyl groups is 1.